The molecular weight excluding hydrogens is 358 g/mol. The van der Waals surface area contributed by atoms with Crippen LogP contribution in [0.5, 0.6) is 0 Å². The third kappa shape index (κ3) is 4.21. The van der Waals surface area contributed by atoms with Gasteiger partial charge in [0, 0.05) is 17.2 Å². The number of methoxy groups -OCH3 is 1. The highest BCUT2D eigenvalue weighted by Crippen LogP contribution is 2.33. The first-order valence-electron chi connectivity index (χ1n) is 7.51. The van der Waals surface area contributed by atoms with Crippen LogP contribution in [0.15, 0.2) is 42.5 Å². The third-order valence-corrected chi connectivity index (χ3v) is 3.70. The largest absolute Gasteiger partial charge is 0.475 e. The number of rotatable bonds is 7. The lowest BCUT2D eigenvalue weighted by atomic mass is 9.95. The second kappa shape index (κ2) is 8.00. The zero-order chi connectivity index (χ0) is 20.1. The Hall–Kier alpha value is -3.88. The number of esters is 1. The van der Waals surface area contributed by atoms with Gasteiger partial charge in [-0.15, -0.1) is 0 Å². The molecule has 0 aliphatic rings. The molecule has 0 aromatic heterocycles. The number of Topliss-reactive ketones (excluding diaryl/α,β-unsaturated/α-hetero) is 2. The van der Waals surface area contributed by atoms with Gasteiger partial charge in [0.1, 0.15) is 0 Å². The van der Waals surface area contributed by atoms with E-state index in [1.54, 1.807) is 12.1 Å². The Morgan fingerprint density at radius 2 is 1.74 bits per heavy atom. The number of nitro benzene ring substituents is 1. The fourth-order valence-corrected chi connectivity index (χ4v) is 2.41. The highest BCUT2D eigenvalue weighted by atomic mass is 16.6. The molecule has 0 aliphatic heterocycles. The monoisotopic (exact) mass is 371 g/mol. The van der Waals surface area contributed by atoms with Gasteiger partial charge in [0.05, 0.1) is 29.6 Å². The number of nitrogens with zero attached hydrogens (tertiary/aromatic N) is 1. The minimum Gasteiger partial charge on any atom is -0.475 e. The van der Waals surface area contributed by atoms with Crippen molar-refractivity contribution in [1.29, 1.82) is 0 Å². The van der Waals surface area contributed by atoms with Crippen LogP contribution in [0.1, 0.15) is 27.1 Å². The van der Waals surface area contributed by atoms with Crippen LogP contribution in [-0.4, -0.2) is 40.6 Å². The molecule has 0 fully saturated rings. The SMILES string of the molecule is COC(=O)c1ccccc1-c1ccc(C(=O)CC(=O)C(=O)O)cc1[N+](=O)[O-]. The van der Waals surface area contributed by atoms with E-state index in [1.165, 1.54) is 31.4 Å². The van der Waals surface area contributed by atoms with Gasteiger partial charge in [0.15, 0.2) is 5.78 Å². The minimum absolute atomic E-state index is 0.0714. The number of ether oxygens (including phenoxy) is 1. The number of benzene rings is 2. The number of carboxylic acid groups (broad SMARTS) is 1. The third-order valence-electron chi connectivity index (χ3n) is 3.70. The Kier molecular flexibility index (Phi) is 5.76. The fourth-order valence-electron chi connectivity index (χ4n) is 2.41. The Labute approximate surface area is 152 Å². The molecule has 0 amide bonds. The highest BCUT2D eigenvalue weighted by Gasteiger charge is 2.24. The van der Waals surface area contributed by atoms with Crippen molar-refractivity contribution in [2.24, 2.45) is 0 Å². The molecule has 0 aliphatic carbocycles. The Morgan fingerprint density at radius 3 is 2.33 bits per heavy atom. The van der Waals surface area contributed by atoms with Crippen molar-refractivity contribution in [3.8, 4) is 11.1 Å². The summed E-state index contributed by atoms with van der Waals surface area (Å²) in [6.07, 6.45) is -0.912. The molecule has 0 saturated carbocycles. The number of nitro groups is 1. The van der Waals surface area contributed by atoms with E-state index < -0.39 is 40.5 Å². The second-order valence-electron chi connectivity index (χ2n) is 5.35. The standard InChI is InChI=1S/C18H13NO8/c1-27-18(24)13-5-3-2-4-11(13)12-7-6-10(8-14(12)19(25)26)15(20)9-16(21)17(22)23/h2-8H,9H2,1H3,(H,22,23). The maximum Gasteiger partial charge on any atom is 0.372 e. The molecule has 0 bridgehead atoms. The van der Waals surface area contributed by atoms with Gasteiger partial charge >= 0.3 is 11.9 Å². The Bertz CT molecular complexity index is 964. The lowest BCUT2D eigenvalue weighted by molar-refractivity contribution is -0.384. The summed E-state index contributed by atoms with van der Waals surface area (Å²) >= 11 is 0. The molecule has 0 spiro atoms. The maximum absolute atomic E-state index is 12.0. The minimum atomic E-state index is -1.76. The molecule has 0 radical (unpaired) electrons. The molecular formula is C18H13NO8. The molecule has 9 nitrogen and oxygen atoms in total. The van der Waals surface area contributed by atoms with Crippen molar-refractivity contribution >= 4 is 29.2 Å². The van der Waals surface area contributed by atoms with Gasteiger partial charge < -0.3 is 9.84 Å². The Balaban J connectivity index is 2.54. The lowest BCUT2D eigenvalue weighted by Crippen LogP contribution is -2.17. The maximum atomic E-state index is 12.0. The number of carboxylic acids is 1. The smallest absolute Gasteiger partial charge is 0.372 e. The number of carbonyl (C=O) groups is 4. The van der Waals surface area contributed by atoms with Crippen molar-refractivity contribution < 1.29 is 33.9 Å². The van der Waals surface area contributed by atoms with Crippen LogP contribution in [0.4, 0.5) is 5.69 Å². The summed E-state index contributed by atoms with van der Waals surface area (Å²) < 4.78 is 4.67. The van der Waals surface area contributed by atoms with E-state index in [-0.39, 0.29) is 22.3 Å². The number of aliphatic carboxylic acids is 1. The Morgan fingerprint density at radius 1 is 1.07 bits per heavy atom. The van der Waals surface area contributed by atoms with E-state index in [9.17, 15) is 29.3 Å². The fraction of sp³-hybridized carbons (Fsp3) is 0.111. The summed E-state index contributed by atoms with van der Waals surface area (Å²) in [5.74, 6) is -4.63. The van der Waals surface area contributed by atoms with Gasteiger partial charge in [-0.2, -0.15) is 0 Å². The average molecular weight is 371 g/mol. The van der Waals surface area contributed by atoms with Crippen LogP contribution in [0.25, 0.3) is 11.1 Å². The van der Waals surface area contributed by atoms with Crippen LogP contribution in [0, 0.1) is 10.1 Å². The molecule has 27 heavy (non-hydrogen) atoms. The predicted molar refractivity (Wildman–Crippen MR) is 91.5 cm³/mol. The first-order chi connectivity index (χ1) is 12.8. The quantitative estimate of drug-likeness (QED) is 0.195. The van der Waals surface area contributed by atoms with Crippen molar-refractivity contribution in [3.05, 3.63) is 63.7 Å². The summed E-state index contributed by atoms with van der Waals surface area (Å²) in [7, 11) is 1.18. The van der Waals surface area contributed by atoms with Gasteiger partial charge in [0.25, 0.3) is 5.69 Å². The van der Waals surface area contributed by atoms with E-state index in [1.807, 2.05) is 0 Å². The van der Waals surface area contributed by atoms with E-state index >= 15 is 0 Å². The van der Waals surface area contributed by atoms with Gasteiger partial charge in [-0.1, -0.05) is 24.3 Å². The lowest BCUT2D eigenvalue weighted by Gasteiger charge is -2.09. The first kappa shape index (κ1) is 19.4. The van der Waals surface area contributed by atoms with Crippen LogP contribution in [0.2, 0.25) is 0 Å². The van der Waals surface area contributed by atoms with Crippen LogP contribution in [-0.2, 0) is 14.3 Å². The molecule has 2 rings (SSSR count). The van der Waals surface area contributed by atoms with Gasteiger partial charge in [-0.25, -0.2) is 9.59 Å². The zero-order valence-electron chi connectivity index (χ0n) is 14.0. The van der Waals surface area contributed by atoms with Crippen molar-refractivity contribution in [2.75, 3.05) is 7.11 Å². The van der Waals surface area contributed by atoms with Crippen molar-refractivity contribution in [2.45, 2.75) is 6.42 Å². The highest BCUT2D eigenvalue weighted by molar-refractivity contribution is 6.37. The van der Waals surface area contributed by atoms with Gasteiger partial charge in [-0.3, -0.25) is 19.7 Å². The second-order valence-corrected chi connectivity index (χ2v) is 5.35. The number of carbonyl (C=O) groups excluding carboxylic acids is 3. The van der Waals surface area contributed by atoms with Crippen LogP contribution < -0.4 is 0 Å². The molecule has 138 valence electrons. The predicted octanol–water partition coefficient (Wildman–Crippen LogP) is 2.27. The summed E-state index contributed by atoms with van der Waals surface area (Å²) in [6, 6.07) is 9.51. The molecule has 0 unspecified atom stereocenters. The molecule has 9 heteroatoms. The molecule has 0 heterocycles. The summed E-state index contributed by atoms with van der Waals surface area (Å²) in [6.45, 7) is 0. The molecule has 1 N–H and O–H groups in total. The van der Waals surface area contributed by atoms with Crippen molar-refractivity contribution in [1.82, 2.24) is 0 Å². The van der Waals surface area contributed by atoms with Crippen LogP contribution >= 0.6 is 0 Å². The molecule has 0 atom stereocenters. The van der Waals surface area contributed by atoms with Crippen LogP contribution in [0.3, 0.4) is 0 Å². The molecule has 2 aromatic carbocycles. The van der Waals surface area contributed by atoms with Crippen molar-refractivity contribution in [3.63, 3.8) is 0 Å². The van der Waals surface area contributed by atoms with E-state index in [0.717, 1.165) is 6.07 Å². The zero-order valence-corrected chi connectivity index (χ0v) is 14.0. The topological polar surface area (TPSA) is 141 Å². The average Bonchev–Trinajstić information content (AvgIpc) is 2.66. The molecule has 2 aromatic rings. The van der Waals surface area contributed by atoms with E-state index in [4.69, 9.17) is 5.11 Å². The van der Waals surface area contributed by atoms with Gasteiger partial charge in [0.2, 0.25) is 5.78 Å². The first-order valence-corrected chi connectivity index (χ1v) is 7.51. The number of hydrogen-bond donors (Lipinski definition) is 1. The molecule has 0 saturated heterocycles. The summed E-state index contributed by atoms with van der Waals surface area (Å²) in [5, 5.41) is 20.0. The summed E-state index contributed by atoms with van der Waals surface area (Å²) in [4.78, 5) is 56.4. The number of hydrogen-bond acceptors (Lipinski definition) is 7. The normalized spacial score (nSPS) is 10.1. The van der Waals surface area contributed by atoms with Gasteiger partial charge in [-0.05, 0) is 12.1 Å². The van der Waals surface area contributed by atoms with E-state index in [0.29, 0.717) is 0 Å². The summed E-state index contributed by atoms with van der Waals surface area (Å²) in [5.41, 5.74) is -0.252. The number of ketones is 2. The van der Waals surface area contributed by atoms with E-state index in [2.05, 4.69) is 4.74 Å².